The Labute approximate surface area is 152 Å². The monoisotopic (exact) mass is 362 g/mol. The topological polar surface area (TPSA) is 74.3 Å². The second-order valence-corrected chi connectivity index (χ2v) is 7.25. The van der Waals surface area contributed by atoms with E-state index in [-0.39, 0.29) is 24.4 Å². The van der Waals surface area contributed by atoms with E-state index in [2.05, 4.69) is 15.6 Å². The molecule has 0 fully saturated rings. The minimum Gasteiger partial charge on any atom is -0.354 e. The number of fused-ring (bicyclic) bond motifs is 1. The lowest BCUT2D eigenvalue weighted by Crippen LogP contribution is -2.47. The first-order valence-electron chi connectivity index (χ1n) is 8.55. The zero-order valence-electron chi connectivity index (χ0n) is 15.2. The fourth-order valence-corrected chi connectivity index (χ4v) is 3.46. The summed E-state index contributed by atoms with van der Waals surface area (Å²) in [5.74, 6) is -0.327. The molecule has 0 radical (unpaired) electrons. The number of benzene rings is 1. The summed E-state index contributed by atoms with van der Waals surface area (Å²) in [6.07, 6.45) is 0.870. The summed E-state index contributed by atoms with van der Waals surface area (Å²) in [4.78, 5) is 30.6. The van der Waals surface area contributed by atoms with Crippen LogP contribution >= 0.6 is 11.3 Å². The van der Waals surface area contributed by atoms with Crippen LogP contribution in [0.4, 0.5) is 0 Å². The van der Waals surface area contributed by atoms with E-state index < -0.39 is 6.04 Å². The van der Waals surface area contributed by atoms with Crippen LogP contribution in [0.15, 0.2) is 24.3 Å². The van der Waals surface area contributed by atoms with Crippen LogP contribution in [-0.4, -0.2) is 47.9 Å². The van der Waals surface area contributed by atoms with Crippen molar-refractivity contribution in [2.45, 2.75) is 39.3 Å². The van der Waals surface area contributed by atoms with Crippen molar-refractivity contribution in [2.75, 3.05) is 20.1 Å². The molecule has 25 heavy (non-hydrogen) atoms. The molecular formula is C18H26N4O2S. The molecule has 0 saturated heterocycles. The van der Waals surface area contributed by atoms with Crippen LogP contribution in [0.5, 0.6) is 0 Å². The maximum atomic E-state index is 12.2. The van der Waals surface area contributed by atoms with Gasteiger partial charge in [-0.15, -0.1) is 11.3 Å². The Kier molecular flexibility index (Phi) is 6.90. The van der Waals surface area contributed by atoms with E-state index in [4.69, 9.17) is 0 Å². The Morgan fingerprint density at radius 1 is 1.28 bits per heavy atom. The first-order chi connectivity index (χ1) is 11.9. The molecule has 0 saturated carbocycles. The van der Waals surface area contributed by atoms with Crippen molar-refractivity contribution in [3.63, 3.8) is 0 Å². The van der Waals surface area contributed by atoms with Crippen molar-refractivity contribution >= 4 is 33.4 Å². The van der Waals surface area contributed by atoms with Crippen molar-refractivity contribution in [2.24, 2.45) is 0 Å². The molecule has 7 heteroatoms. The Hall–Kier alpha value is -1.99. The molecule has 0 aliphatic rings. The quantitative estimate of drug-likeness (QED) is 0.756. The van der Waals surface area contributed by atoms with Crippen LogP contribution in [0.2, 0.25) is 0 Å². The Balaban J connectivity index is 1.90. The van der Waals surface area contributed by atoms with Gasteiger partial charge in [-0.05, 0) is 39.4 Å². The Morgan fingerprint density at radius 3 is 2.68 bits per heavy atom. The minimum atomic E-state index is -0.537. The number of carbonyl (C=O) groups excluding carboxylic acids is 2. The molecule has 2 atom stereocenters. The van der Waals surface area contributed by atoms with Gasteiger partial charge in [-0.2, -0.15) is 0 Å². The summed E-state index contributed by atoms with van der Waals surface area (Å²) in [6.45, 7) is 6.54. The van der Waals surface area contributed by atoms with Crippen LogP contribution in [0.25, 0.3) is 10.2 Å². The number of nitrogens with zero attached hydrogens (tertiary/aromatic N) is 2. The lowest BCUT2D eigenvalue weighted by molar-refractivity contribution is -0.129. The van der Waals surface area contributed by atoms with E-state index in [0.29, 0.717) is 6.54 Å². The summed E-state index contributed by atoms with van der Waals surface area (Å²) in [5.41, 5.74) is 0.980. The van der Waals surface area contributed by atoms with E-state index in [1.54, 1.807) is 18.3 Å². The molecule has 2 aromatic rings. The maximum Gasteiger partial charge on any atom is 0.242 e. The van der Waals surface area contributed by atoms with E-state index >= 15 is 0 Å². The van der Waals surface area contributed by atoms with Gasteiger partial charge in [0.1, 0.15) is 11.0 Å². The number of nitrogens with one attached hydrogen (secondary N) is 2. The normalized spacial score (nSPS) is 13.6. The van der Waals surface area contributed by atoms with Crippen molar-refractivity contribution in [3.8, 4) is 0 Å². The first kappa shape index (κ1) is 19.3. The van der Waals surface area contributed by atoms with Crippen LogP contribution in [0.3, 0.4) is 0 Å². The highest BCUT2D eigenvalue weighted by Crippen LogP contribution is 2.28. The number of amides is 2. The van der Waals surface area contributed by atoms with Crippen LogP contribution in [0.1, 0.15) is 38.2 Å². The zero-order chi connectivity index (χ0) is 18.4. The highest BCUT2D eigenvalue weighted by atomic mass is 32.1. The van der Waals surface area contributed by atoms with Crippen LogP contribution < -0.4 is 10.6 Å². The molecule has 1 aromatic heterocycles. The number of rotatable bonds is 8. The number of likely N-dealkylation sites (N-methyl/N-ethyl adjacent to an activating group) is 1. The standard InChI is InChI=1S/C18H26N4O2S/c1-5-10-19-17(24)12(2)20-16(23)11-22(4)13(3)18-21-14-8-6-7-9-15(14)25-18/h6-9,12-13H,5,10-11H2,1-4H3,(H,19,24)(H,20,23)/t12-,13-/m0/s1. The zero-order valence-corrected chi connectivity index (χ0v) is 16.0. The Morgan fingerprint density at radius 2 is 2.00 bits per heavy atom. The average molecular weight is 362 g/mol. The van der Waals surface area contributed by atoms with Gasteiger partial charge in [-0.3, -0.25) is 14.5 Å². The van der Waals surface area contributed by atoms with E-state index in [0.717, 1.165) is 21.6 Å². The number of carbonyl (C=O) groups is 2. The number of hydrogen-bond donors (Lipinski definition) is 2. The highest BCUT2D eigenvalue weighted by molar-refractivity contribution is 7.18. The second kappa shape index (κ2) is 8.92. The molecule has 2 amide bonds. The third-order valence-electron chi connectivity index (χ3n) is 4.04. The van der Waals surface area contributed by atoms with E-state index in [1.807, 2.05) is 50.1 Å². The van der Waals surface area contributed by atoms with E-state index in [9.17, 15) is 9.59 Å². The minimum absolute atomic E-state index is 0.0207. The summed E-state index contributed by atoms with van der Waals surface area (Å²) >= 11 is 1.64. The van der Waals surface area contributed by atoms with Gasteiger partial charge in [-0.25, -0.2) is 4.98 Å². The van der Waals surface area contributed by atoms with Gasteiger partial charge in [0.15, 0.2) is 0 Å². The molecular weight excluding hydrogens is 336 g/mol. The van der Waals surface area contributed by atoms with Crippen LogP contribution in [0, 0.1) is 0 Å². The lowest BCUT2D eigenvalue weighted by atomic mass is 10.2. The molecule has 6 nitrogen and oxygen atoms in total. The van der Waals surface area contributed by atoms with Crippen LogP contribution in [-0.2, 0) is 9.59 Å². The molecule has 0 bridgehead atoms. The predicted octanol–water partition coefficient (Wildman–Crippen LogP) is 2.32. The third-order valence-corrected chi connectivity index (χ3v) is 5.25. The van der Waals surface area contributed by atoms with Gasteiger partial charge in [0.25, 0.3) is 0 Å². The number of thiazole rings is 1. The molecule has 0 aliphatic carbocycles. The SMILES string of the molecule is CCCNC(=O)[C@H](C)NC(=O)CN(C)[C@@H](C)c1nc2ccccc2s1. The van der Waals surface area contributed by atoms with Crippen molar-refractivity contribution in [1.82, 2.24) is 20.5 Å². The van der Waals surface area contributed by atoms with Gasteiger partial charge in [0.05, 0.1) is 22.8 Å². The number of hydrogen-bond acceptors (Lipinski definition) is 5. The molecule has 0 unspecified atom stereocenters. The first-order valence-corrected chi connectivity index (χ1v) is 9.36. The molecule has 0 spiro atoms. The van der Waals surface area contributed by atoms with Gasteiger partial charge in [0.2, 0.25) is 11.8 Å². The van der Waals surface area contributed by atoms with Gasteiger partial charge >= 0.3 is 0 Å². The fourth-order valence-electron chi connectivity index (χ4n) is 2.37. The van der Waals surface area contributed by atoms with Gasteiger partial charge in [0, 0.05) is 6.54 Å². The molecule has 0 aliphatic heterocycles. The molecule has 2 rings (SSSR count). The third kappa shape index (κ3) is 5.24. The summed E-state index contributed by atoms with van der Waals surface area (Å²) in [5, 5.41) is 6.50. The maximum absolute atomic E-state index is 12.2. The molecule has 1 aromatic carbocycles. The largest absolute Gasteiger partial charge is 0.354 e. The average Bonchev–Trinajstić information content (AvgIpc) is 3.02. The fraction of sp³-hybridized carbons (Fsp3) is 0.500. The summed E-state index contributed by atoms with van der Waals surface area (Å²) in [6, 6.07) is 7.49. The van der Waals surface area contributed by atoms with E-state index in [1.165, 1.54) is 0 Å². The molecule has 1 heterocycles. The lowest BCUT2D eigenvalue weighted by Gasteiger charge is -2.23. The molecule has 2 N–H and O–H groups in total. The smallest absolute Gasteiger partial charge is 0.242 e. The second-order valence-electron chi connectivity index (χ2n) is 6.19. The van der Waals surface area contributed by atoms with Gasteiger partial charge < -0.3 is 10.6 Å². The summed E-state index contributed by atoms with van der Waals surface area (Å²) < 4.78 is 1.14. The van der Waals surface area contributed by atoms with Crippen molar-refractivity contribution in [1.29, 1.82) is 0 Å². The van der Waals surface area contributed by atoms with Crippen molar-refractivity contribution < 1.29 is 9.59 Å². The highest BCUT2D eigenvalue weighted by Gasteiger charge is 2.20. The van der Waals surface area contributed by atoms with Gasteiger partial charge in [-0.1, -0.05) is 19.1 Å². The number of aromatic nitrogens is 1. The predicted molar refractivity (Wildman–Crippen MR) is 102 cm³/mol. The number of para-hydroxylation sites is 1. The molecule has 136 valence electrons. The van der Waals surface area contributed by atoms with Crippen molar-refractivity contribution in [3.05, 3.63) is 29.3 Å². The summed E-state index contributed by atoms with van der Waals surface area (Å²) in [7, 11) is 1.89. The Bertz CT molecular complexity index is 698.